The molecule has 5 nitrogen and oxygen atoms in total. The van der Waals surface area contributed by atoms with Gasteiger partial charge in [0.1, 0.15) is 0 Å². The highest BCUT2D eigenvalue weighted by Crippen LogP contribution is 2.28. The zero-order valence-electron chi connectivity index (χ0n) is 20.2. The number of ketones is 1. The summed E-state index contributed by atoms with van der Waals surface area (Å²) in [6.45, 7) is 6.60. The van der Waals surface area contributed by atoms with Crippen LogP contribution in [-0.4, -0.2) is 70.0 Å². The van der Waals surface area contributed by atoms with Gasteiger partial charge in [-0.1, -0.05) is 24.3 Å². The van der Waals surface area contributed by atoms with Crippen LogP contribution in [0.3, 0.4) is 0 Å². The van der Waals surface area contributed by atoms with Crippen molar-refractivity contribution in [2.24, 2.45) is 0 Å². The molecule has 2 heterocycles. The molecule has 0 amide bonds. The Kier molecular flexibility index (Phi) is 7.17. The molecule has 2 aliphatic heterocycles. The molecular formula is C27H38N4O. The second-order valence-corrected chi connectivity index (χ2v) is 9.77. The first-order chi connectivity index (χ1) is 15.4. The Bertz CT molecular complexity index is 865. The first kappa shape index (κ1) is 22.8. The number of benzene rings is 2. The fourth-order valence-corrected chi connectivity index (χ4v) is 5.04. The molecule has 4 rings (SSSR count). The molecule has 32 heavy (non-hydrogen) atoms. The Morgan fingerprint density at radius 3 is 1.41 bits per heavy atom. The highest BCUT2D eigenvalue weighted by Gasteiger charge is 2.19. The third-order valence-corrected chi connectivity index (χ3v) is 6.84. The quantitative estimate of drug-likeness (QED) is 0.580. The normalized spacial score (nSPS) is 17.1. The van der Waals surface area contributed by atoms with Gasteiger partial charge in [-0.25, -0.2) is 0 Å². The van der Waals surface area contributed by atoms with Crippen molar-refractivity contribution >= 4 is 17.2 Å². The lowest BCUT2D eigenvalue weighted by atomic mass is 9.98. The number of anilines is 2. The maximum Gasteiger partial charge on any atom is 0.193 e. The summed E-state index contributed by atoms with van der Waals surface area (Å²) in [6.07, 6.45) is 5.15. The first-order valence-electron chi connectivity index (χ1n) is 12.0. The molecule has 0 saturated carbocycles. The lowest BCUT2D eigenvalue weighted by Crippen LogP contribution is -2.22. The van der Waals surface area contributed by atoms with Gasteiger partial charge in [0.05, 0.1) is 0 Å². The van der Waals surface area contributed by atoms with Gasteiger partial charge >= 0.3 is 0 Å². The molecule has 0 aromatic heterocycles. The maximum absolute atomic E-state index is 13.4. The molecule has 172 valence electrons. The molecule has 0 N–H and O–H groups in total. The number of hydrogen-bond donors (Lipinski definition) is 0. The van der Waals surface area contributed by atoms with Crippen molar-refractivity contribution in [2.45, 2.75) is 38.8 Å². The topological polar surface area (TPSA) is 30.0 Å². The van der Waals surface area contributed by atoms with Gasteiger partial charge in [-0.2, -0.15) is 0 Å². The predicted molar refractivity (Wildman–Crippen MR) is 134 cm³/mol. The summed E-state index contributed by atoms with van der Waals surface area (Å²) in [5.74, 6) is 0.0941. The Hall–Kier alpha value is -2.37. The van der Waals surface area contributed by atoms with E-state index < -0.39 is 0 Å². The number of hydrogen-bond acceptors (Lipinski definition) is 5. The Balaban J connectivity index is 1.58. The lowest BCUT2D eigenvalue weighted by molar-refractivity contribution is 0.103. The summed E-state index contributed by atoms with van der Waals surface area (Å²) >= 11 is 0. The van der Waals surface area contributed by atoms with Crippen LogP contribution >= 0.6 is 0 Å². The molecule has 0 radical (unpaired) electrons. The molecule has 2 aromatic rings. The van der Waals surface area contributed by atoms with Gasteiger partial charge in [0, 0.05) is 63.8 Å². The Morgan fingerprint density at radius 1 is 0.688 bits per heavy atom. The number of carbonyl (C=O) groups is 1. The minimum atomic E-state index is 0.0941. The molecule has 2 aliphatic rings. The van der Waals surface area contributed by atoms with Crippen LogP contribution in [0.2, 0.25) is 0 Å². The Morgan fingerprint density at radius 2 is 1.06 bits per heavy atom. The van der Waals surface area contributed by atoms with Crippen molar-refractivity contribution in [3.63, 3.8) is 0 Å². The minimum absolute atomic E-state index is 0.0941. The fourth-order valence-electron chi connectivity index (χ4n) is 5.04. The number of rotatable bonds is 8. The van der Waals surface area contributed by atoms with Gasteiger partial charge in [-0.3, -0.25) is 14.6 Å². The van der Waals surface area contributed by atoms with Crippen molar-refractivity contribution in [3.05, 3.63) is 58.7 Å². The molecule has 0 atom stereocenters. The van der Waals surface area contributed by atoms with E-state index in [4.69, 9.17) is 0 Å². The third kappa shape index (κ3) is 5.16. The van der Waals surface area contributed by atoms with E-state index in [9.17, 15) is 4.79 Å². The average molecular weight is 435 g/mol. The van der Waals surface area contributed by atoms with Crippen LogP contribution in [0, 0.1) is 0 Å². The molecule has 0 bridgehead atoms. The molecule has 0 spiro atoms. The molecule has 2 fully saturated rings. The van der Waals surface area contributed by atoms with Crippen LogP contribution in [0.1, 0.15) is 52.7 Å². The fraction of sp³-hybridized carbons (Fsp3) is 0.519. The number of nitrogens with zero attached hydrogens (tertiary/aromatic N) is 4. The van der Waals surface area contributed by atoms with Gasteiger partial charge in [0.25, 0.3) is 0 Å². The van der Waals surface area contributed by atoms with E-state index >= 15 is 0 Å². The molecule has 0 unspecified atom stereocenters. The van der Waals surface area contributed by atoms with Crippen LogP contribution in [-0.2, 0) is 13.1 Å². The van der Waals surface area contributed by atoms with Crippen molar-refractivity contribution in [1.29, 1.82) is 0 Å². The van der Waals surface area contributed by atoms with Crippen LogP contribution in [0.25, 0.3) is 0 Å². The summed E-state index contributed by atoms with van der Waals surface area (Å²) in [5, 5.41) is 0. The summed E-state index contributed by atoms with van der Waals surface area (Å²) in [6, 6.07) is 12.5. The Labute approximate surface area is 193 Å². The molecule has 0 aliphatic carbocycles. The minimum Gasteiger partial charge on any atom is -0.377 e. The van der Waals surface area contributed by atoms with Gasteiger partial charge in [-0.05, 0) is 75.1 Å². The van der Waals surface area contributed by atoms with Gasteiger partial charge in [0.15, 0.2) is 5.78 Å². The van der Waals surface area contributed by atoms with Crippen LogP contribution < -0.4 is 9.80 Å². The summed E-state index contributed by atoms with van der Waals surface area (Å²) in [7, 11) is 8.26. The van der Waals surface area contributed by atoms with Crippen LogP contribution in [0.5, 0.6) is 0 Å². The second kappa shape index (κ2) is 10.1. The van der Waals surface area contributed by atoms with E-state index in [-0.39, 0.29) is 5.78 Å². The first-order valence-corrected chi connectivity index (χ1v) is 12.0. The van der Waals surface area contributed by atoms with Crippen LogP contribution in [0.4, 0.5) is 11.4 Å². The highest BCUT2D eigenvalue weighted by atomic mass is 16.1. The van der Waals surface area contributed by atoms with Gasteiger partial charge < -0.3 is 9.80 Å². The third-order valence-electron chi connectivity index (χ3n) is 6.84. The number of carbonyl (C=O) groups excluding carboxylic acids is 1. The summed E-state index contributed by atoms with van der Waals surface area (Å²) in [5.41, 5.74) is 6.39. The standard InChI is InChI=1S/C27H38N4O/c1-28(2)25-17-21(9-11-23(25)19-30-13-5-6-14-30)27(32)22-10-12-24(26(18-22)29(3)4)20-31-15-7-8-16-31/h9-12,17-18H,5-8,13-16,19-20H2,1-4H3. The SMILES string of the molecule is CN(C)c1cc(C(=O)c2ccc(CN3CCCC3)c(N(C)C)c2)ccc1CN1CCCC1. The molecular weight excluding hydrogens is 396 g/mol. The van der Waals surface area contributed by atoms with E-state index in [0.29, 0.717) is 0 Å². The molecule has 2 aromatic carbocycles. The van der Waals surface area contributed by atoms with Crippen molar-refractivity contribution in [1.82, 2.24) is 9.80 Å². The summed E-state index contributed by atoms with van der Waals surface area (Å²) in [4.78, 5) is 22.7. The predicted octanol–water partition coefficient (Wildman–Crippen LogP) is 4.24. The molecule has 2 saturated heterocycles. The maximum atomic E-state index is 13.4. The van der Waals surface area contributed by atoms with Crippen molar-refractivity contribution in [2.75, 3.05) is 64.2 Å². The van der Waals surface area contributed by atoms with Crippen LogP contribution in [0.15, 0.2) is 36.4 Å². The van der Waals surface area contributed by atoms with E-state index in [1.807, 2.05) is 12.1 Å². The second-order valence-electron chi connectivity index (χ2n) is 9.77. The zero-order chi connectivity index (χ0) is 22.7. The summed E-state index contributed by atoms with van der Waals surface area (Å²) < 4.78 is 0. The van der Waals surface area contributed by atoms with E-state index in [2.05, 4.69) is 72.1 Å². The average Bonchev–Trinajstić information content (AvgIpc) is 3.48. The highest BCUT2D eigenvalue weighted by molar-refractivity contribution is 6.10. The van der Waals surface area contributed by atoms with E-state index in [1.165, 1.54) is 63.0 Å². The van der Waals surface area contributed by atoms with Crippen molar-refractivity contribution in [3.8, 4) is 0 Å². The van der Waals surface area contributed by atoms with Gasteiger partial charge in [-0.15, -0.1) is 0 Å². The van der Waals surface area contributed by atoms with Gasteiger partial charge in [0.2, 0.25) is 0 Å². The smallest absolute Gasteiger partial charge is 0.193 e. The largest absolute Gasteiger partial charge is 0.377 e. The molecule has 5 heteroatoms. The zero-order valence-corrected chi connectivity index (χ0v) is 20.2. The van der Waals surface area contributed by atoms with E-state index in [0.717, 1.165) is 35.6 Å². The lowest BCUT2D eigenvalue weighted by Gasteiger charge is -2.23. The van der Waals surface area contributed by atoms with Crippen molar-refractivity contribution < 1.29 is 4.79 Å². The monoisotopic (exact) mass is 434 g/mol. The number of likely N-dealkylation sites (tertiary alicyclic amines) is 2. The van der Waals surface area contributed by atoms with E-state index in [1.54, 1.807) is 0 Å².